The second-order valence-electron chi connectivity index (χ2n) is 7.25. The number of hydrogen-bond donors (Lipinski definition) is 1. The van der Waals surface area contributed by atoms with Gasteiger partial charge in [0.15, 0.2) is 0 Å². The Morgan fingerprint density at radius 1 is 1.23 bits per heavy atom. The zero-order chi connectivity index (χ0) is 24.4. The largest absolute Gasteiger partial charge is 0.496 e. The molecule has 5 aromatic heterocycles. The number of hydrogen-bond acceptors (Lipinski definition) is 10. The highest BCUT2D eigenvalue weighted by molar-refractivity contribution is 7.16. The van der Waals surface area contributed by atoms with Gasteiger partial charge in [0.1, 0.15) is 22.1 Å². The van der Waals surface area contributed by atoms with Gasteiger partial charge in [-0.2, -0.15) is 14.2 Å². The highest BCUT2D eigenvalue weighted by atomic mass is 35.5. The Balaban J connectivity index is 1.59. The van der Waals surface area contributed by atoms with E-state index in [4.69, 9.17) is 16.3 Å². The second-order valence-corrected chi connectivity index (χ2v) is 10.6. The molecule has 178 valence electrons. The van der Waals surface area contributed by atoms with Gasteiger partial charge in [0.05, 0.1) is 47.6 Å². The number of halogens is 1. The number of pyridine rings is 1. The molecule has 0 bridgehead atoms. The fourth-order valence-electron chi connectivity index (χ4n) is 3.38. The van der Waals surface area contributed by atoms with E-state index in [1.165, 1.54) is 58.3 Å². The van der Waals surface area contributed by atoms with E-state index < -0.39 is 0 Å². The van der Waals surface area contributed by atoms with Gasteiger partial charge in [-0.05, 0) is 29.7 Å². The van der Waals surface area contributed by atoms with Crippen LogP contribution in [0.5, 0.6) is 5.75 Å². The van der Waals surface area contributed by atoms with E-state index in [2.05, 4.69) is 19.8 Å². The second kappa shape index (κ2) is 10.1. The van der Waals surface area contributed by atoms with Crippen molar-refractivity contribution in [3.63, 3.8) is 0 Å². The van der Waals surface area contributed by atoms with Crippen molar-refractivity contribution in [3.8, 4) is 17.1 Å². The van der Waals surface area contributed by atoms with E-state index in [9.17, 15) is 9.59 Å². The predicted octanol–water partition coefficient (Wildman–Crippen LogP) is 4.70. The molecule has 9 nitrogen and oxygen atoms in total. The van der Waals surface area contributed by atoms with Gasteiger partial charge in [0, 0.05) is 28.5 Å². The number of methoxy groups -OCH3 is 1. The number of nitrogens with zero attached hydrogens (tertiary/aromatic N) is 5. The van der Waals surface area contributed by atoms with Crippen molar-refractivity contribution in [1.82, 2.24) is 23.7 Å². The van der Waals surface area contributed by atoms with Crippen LogP contribution < -0.4 is 15.6 Å². The van der Waals surface area contributed by atoms with Gasteiger partial charge in [-0.25, -0.2) is 0 Å². The van der Waals surface area contributed by atoms with Crippen LogP contribution in [0.2, 0.25) is 4.34 Å². The maximum absolute atomic E-state index is 13.2. The summed E-state index contributed by atoms with van der Waals surface area (Å²) >= 11 is 10.0. The third kappa shape index (κ3) is 5.05. The number of thiazole rings is 1. The lowest BCUT2D eigenvalue weighted by atomic mass is 10.2. The van der Waals surface area contributed by atoms with E-state index in [0.717, 1.165) is 10.6 Å². The van der Waals surface area contributed by atoms with Crippen LogP contribution in [-0.4, -0.2) is 36.7 Å². The minimum atomic E-state index is -0.332. The summed E-state index contributed by atoms with van der Waals surface area (Å²) in [7, 11) is 1.49. The highest BCUT2D eigenvalue weighted by Crippen LogP contribution is 2.28. The summed E-state index contributed by atoms with van der Waals surface area (Å²) < 4.78 is 13.2. The monoisotopic (exact) mass is 544 g/mol. The first-order chi connectivity index (χ1) is 17.0. The molecule has 0 fully saturated rings. The minimum absolute atomic E-state index is 0.258. The summed E-state index contributed by atoms with van der Waals surface area (Å²) in [6.45, 7) is 0.704. The average molecular weight is 545 g/mol. The average Bonchev–Trinajstić information content (AvgIpc) is 3.66. The SMILES string of the molecule is COc1cc(-c2cc(NCc3ccc(Cl)s3)n(C(=O)c3cncs3)n2)n(Cc2ccsn2)c(=O)c1. The lowest BCUT2D eigenvalue weighted by Crippen LogP contribution is -2.22. The van der Waals surface area contributed by atoms with Crippen LogP contribution in [-0.2, 0) is 13.1 Å². The molecule has 0 amide bonds. The minimum Gasteiger partial charge on any atom is -0.496 e. The lowest BCUT2D eigenvalue weighted by molar-refractivity contribution is 0.0951. The predicted molar refractivity (Wildman–Crippen MR) is 138 cm³/mol. The summed E-state index contributed by atoms with van der Waals surface area (Å²) in [5.74, 6) is 0.533. The molecule has 5 rings (SSSR count). The van der Waals surface area contributed by atoms with Crippen LogP contribution in [0.25, 0.3) is 11.4 Å². The Morgan fingerprint density at radius 2 is 2.11 bits per heavy atom. The zero-order valence-electron chi connectivity index (χ0n) is 18.2. The Labute approximate surface area is 216 Å². The molecule has 0 radical (unpaired) electrons. The molecular weight excluding hydrogens is 528 g/mol. The molecule has 0 spiro atoms. The summed E-state index contributed by atoms with van der Waals surface area (Å²) in [6.07, 6.45) is 1.50. The number of carbonyl (C=O) groups is 1. The number of thiophene rings is 1. The smallest absolute Gasteiger partial charge is 0.291 e. The molecular formula is C22H17ClN6O3S3. The van der Waals surface area contributed by atoms with E-state index >= 15 is 0 Å². The van der Waals surface area contributed by atoms with Gasteiger partial charge in [0.2, 0.25) is 0 Å². The first-order valence-electron chi connectivity index (χ1n) is 10.2. The Morgan fingerprint density at radius 3 is 2.80 bits per heavy atom. The van der Waals surface area contributed by atoms with E-state index in [1.807, 2.05) is 23.6 Å². The number of rotatable bonds is 8. The van der Waals surface area contributed by atoms with Crippen molar-refractivity contribution in [1.29, 1.82) is 0 Å². The molecule has 0 saturated heterocycles. The summed E-state index contributed by atoms with van der Waals surface area (Å²) in [4.78, 5) is 31.6. The first-order valence-corrected chi connectivity index (χ1v) is 13.1. The quantitative estimate of drug-likeness (QED) is 0.302. The van der Waals surface area contributed by atoms with Crippen LogP contribution in [0.4, 0.5) is 5.82 Å². The molecule has 0 aromatic carbocycles. The van der Waals surface area contributed by atoms with Crippen molar-refractivity contribution < 1.29 is 9.53 Å². The standard InChI is InChI=1S/C22H17ClN6O3S3/c1-32-14-6-17(28(21(30)7-14)11-13-4-5-34-27-13)16-8-20(25-9-15-2-3-19(23)35-15)29(26-16)22(31)18-10-24-12-33-18/h2-8,10,12,25H,9,11H2,1H3. The molecule has 0 aliphatic carbocycles. The normalized spacial score (nSPS) is 11.0. The van der Waals surface area contributed by atoms with Gasteiger partial charge in [0.25, 0.3) is 11.5 Å². The molecule has 0 unspecified atom stereocenters. The molecule has 5 heterocycles. The fraction of sp³-hybridized carbons (Fsp3) is 0.136. The van der Waals surface area contributed by atoms with Gasteiger partial charge >= 0.3 is 0 Å². The van der Waals surface area contributed by atoms with E-state index in [0.29, 0.717) is 38.7 Å². The van der Waals surface area contributed by atoms with Crippen molar-refractivity contribution >= 4 is 57.5 Å². The number of ether oxygens (including phenoxy) is 1. The lowest BCUT2D eigenvalue weighted by Gasteiger charge is -2.11. The van der Waals surface area contributed by atoms with Crippen molar-refractivity contribution in [3.05, 3.63) is 83.6 Å². The molecule has 35 heavy (non-hydrogen) atoms. The van der Waals surface area contributed by atoms with Crippen molar-refractivity contribution in [2.75, 3.05) is 12.4 Å². The highest BCUT2D eigenvalue weighted by Gasteiger charge is 2.21. The molecule has 0 aliphatic heterocycles. The molecule has 5 aromatic rings. The van der Waals surface area contributed by atoms with E-state index in [1.54, 1.807) is 22.2 Å². The third-order valence-corrected chi connectivity index (χ3v) is 7.62. The van der Waals surface area contributed by atoms with Crippen LogP contribution in [0.3, 0.4) is 0 Å². The van der Waals surface area contributed by atoms with E-state index in [-0.39, 0.29) is 18.0 Å². The number of carbonyl (C=O) groups excluding carboxylic acids is 1. The molecule has 13 heteroatoms. The number of nitrogens with one attached hydrogen (secondary N) is 1. The number of anilines is 1. The van der Waals surface area contributed by atoms with Crippen LogP contribution in [0.1, 0.15) is 20.2 Å². The Hall–Kier alpha value is -3.32. The Kier molecular flexibility index (Phi) is 6.77. The maximum Gasteiger partial charge on any atom is 0.291 e. The van der Waals surface area contributed by atoms with Crippen LogP contribution >= 0.6 is 45.8 Å². The van der Waals surface area contributed by atoms with Gasteiger partial charge in [-0.1, -0.05) is 11.6 Å². The molecule has 1 N–H and O–H groups in total. The Bertz CT molecular complexity index is 1520. The zero-order valence-corrected chi connectivity index (χ0v) is 21.4. The maximum atomic E-state index is 13.2. The number of aromatic nitrogens is 5. The third-order valence-electron chi connectivity index (χ3n) is 5.03. The van der Waals surface area contributed by atoms with Crippen molar-refractivity contribution in [2.45, 2.75) is 13.1 Å². The molecule has 0 atom stereocenters. The topological polar surface area (TPSA) is 104 Å². The van der Waals surface area contributed by atoms with Gasteiger partial charge < -0.3 is 14.6 Å². The molecule has 0 aliphatic rings. The van der Waals surface area contributed by atoms with Crippen LogP contribution in [0, 0.1) is 0 Å². The summed E-state index contributed by atoms with van der Waals surface area (Å²) in [5, 5.41) is 9.71. The summed E-state index contributed by atoms with van der Waals surface area (Å²) in [5.41, 5.74) is 3.00. The fourth-order valence-corrected chi connectivity index (χ4v) is 5.49. The van der Waals surface area contributed by atoms with Gasteiger partial charge in [-0.3, -0.25) is 14.6 Å². The van der Waals surface area contributed by atoms with Gasteiger partial charge in [-0.15, -0.1) is 22.7 Å². The van der Waals surface area contributed by atoms with Crippen LogP contribution in [0.15, 0.2) is 58.3 Å². The molecule has 0 saturated carbocycles. The summed E-state index contributed by atoms with van der Waals surface area (Å²) in [6, 6.07) is 10.5. The first kappa shape index (κ1) is 23.4. The van der Waals surface area contributed by atoms with Crippen molar-refractivity contribution in [2.24, 2.45) is 0 Å².